The minimum Gasteiger partial charge on any atom is -0.489 e. The van der Waals surface area contributed by atoms with Crippen LogP contribution in [-0.2, 0) is 17.8 Å². The molecule has 0 aromatic heterocycles. The fourth-order valence-electron chi connectivity index (χ4n) is 1.72. The highest BCUT2D eigenvalue weighted by molar-refractivity contribution is 6.31. The van der Waals surface area contributed by atoms with Gasteiger partial charge in [-0.2, -0.15) is 0 Å². The average Bonchev–Trinajstić information content (AvgIpc) is 2.39. The normalized spacial score (nSPS) is 10.2. The molecule has 2 aromatic carbocycles. The molecule has 0 radical (unpaired) electrons. The summed E-state index contributed by atoms with van der Waals surface area (Å²) in [4.78, 5) is 10.8. The maximum Gasteiger partial charge on any atom is 0.307 e. The summed E-state index contributed by atoms with van der Waals surface area (Å²) in [5, 5.41) is 9.48. The lowest BCUT2D eigenvalue weighted by Gasteiger charge is -2.11. The van der Waals surface area contributed by atoms with Crippen molar-refractivity contribution in [1.82, 2.24) is 0 Å². The minimum atomic E-state index is -0.881. The van der Waals surface area contributed by atoms with E-state index in [2.05, 4.69) is 0 Å². The van der Waals surface area contributed by atoms with Crippen molar-refractivity contribution < 1.29 is 14.6 Å². The van der Waals surface area contributed by atoms with Crippen LogP contribution in [0.5, 0.6) is 5.75 Å². The van der Waals surface area contributed by atoms with Crippen LogP contribution in [-0.4, -0.2) is 11.1 Å². The Morgan fingerprint density at radius 3 is 2.37 bits per heavy atom. The summed E-state index contributed by atoms with van der Waals surface area (Å²) in [6, 6.07) is 14.5. The van der Waals surface area contributed by atoms with Gasteiger partial charge in [0.2, 0.25) is 0 Å². The van der Waals surface area contributed by atoms with Gasteiger partial charge in [0.05, 0.1) is 6.42 Å². The van der Waals surface area contributed by atoms with Crippen molar-refractivity contribution >= 4 is 17.6 Å². The van der Waals surface area contributed by atoms with Gasteiger partial charge < -0.3 is 9.84 Å². The van der Waals surface area contributed by atoms with Crippen molar-refractivity contribution in [3.63, 3.8) is 0 Å². The van der Waals surface area contributed by atoms with Gasteiger partial charge in [-0.3, -0.25) is 4.79 Å². The van der Waals surface area contributed by atoms with Gasteiger partial charge in [-0.25, -0.2) is 0 Å². The van der Waals surface area contributed by atoms with Crippen molar-refractivity contribution in [3.05, 3.63) is 64.7 Å². The third-order valence-electron chi connectivity index (χ3n) is 2.66. The molecule has 0 heterocycles. The van der Waals surface area contributed by atoms with E-state index < -0.39 is 5.97 Å². The quantitative estimate of drug-likeness (QED) is 0.908. The van der Waals surface area contributed by atoms with E-state index in [0.29, 0.717) is 22.9 Å². The maximum atomic E-state index is 10.8. The Kier molecular flexibility index (Phi) is 4.42. The van der Waals surface area contributed by atoms with E-state index in [0.717, 1.165) is 5.56 Å². The summed E-state index contributed by atoms with van der Waals surface area (Å²) in [5.41, 5.74) is 1.52. The lowest BCUT2D eigenvalue weighted by Crippen LogP contribution is -2.04. The first-order chi connectivity index (χ1) is 9.16. The first-order valence-corrected chi connectivity index (χ1v) is 6.20. The number of ether oxygens (including phenoxy) is 1. The molecule has 4 heteroatoms. The molecule has 3 nitrogen and oxygen atoms in total. The van der Waals surface area contributed by atoms with Gasteiger partial charge >= 0.3 is 5.97 Å². The molecule has 98 valence electrons. The summed E-state index contributed by atoms with van der Waals surface area (Å²) in [6.07, 6.45) is -0.0569. The Labute approximate surface area is 116 Å². The lowest BCUT2D eigenvalue weighted by molar-refractivity contribution is -0.136. The van der Waals surface area contributed by atoms with Gasteiger partial charge in [-0.05, 0) is 12.1 Å². The Bertz CT molecular complexity index is 581. The summed E-state index contributed by atoms with van der Waals surface area (Å²) in [5.74, 6) is -0.307. The van der Waals surface area contributed by atoms with Crippen molar-refractivity contribution in [2.75, 3.05) is 0 Å². The Hall–Kier alpha value is -2.00. The maximum absolute atomic E-state index is 10.8. The molecule has 0 amide bonds. The van der Waals surface area contributed by atoms with E-state index in [4.69, 9.17) is 21.4 Å². The van der Waals surface area contributed by atoms with E-state index in [1.807, 2.05) is 24.3 Å². The van der Waals surface area contributed by atoms with E-state index >= 15 is 0 Å². The standard InChI is InChI=1S/C15H13ClO3/c16-13-7-3-1-6-12(13)10-19-14-8-4-2-5-11(14)9-15(17)18/h1-8H,9-10H2,(H,17,18). The number of hydrogen-bond acceptors (Lipinski definition) is 2. The van der Waals surface area contributed by atoms with Crippen LogP contribution in [0.1, 0.15) is 11.1 Å². The third kappa shape index (κ3) is 3.73. The number of carboxylic acid groups (broad SMARTS) is 1. The van der Waals surface area contributed by atoms with Gasteiger partial charge in [-0.15, -0.1) is 0 Å². The van der Waals surface area contributed by atoms with Gasteiger partial charge in [0.15, 0.2) is 0 Å². The number of hydrogen-bond donors (Lipinski definition) is 1. The van der Waals surface area contributed by atoms with Gasteiger partial charge in [0.1, 0.15) is 12.4 Å². The largest absolute Gasteiger partial charge is 0.489 e. The van der Waals surface area contributed by atoms with Crippen LogP contribution < -0.4 is 4.74 Å². The molecule has 2 rings (SSSR count). The SMILES string of the molecule is O=C(O)Cc1ccccc1OCc1ccccc1Cl. The molecule has 0 aliphatic heterocycles. The molecule has 0 unspecified atom stereocenters. The third-order valence-corrected chi connectivity index (χ3v) is 3.02. The zero-order valence-corrected chi connectivity index (χ0v) is 10.9. The fraction of sp³-hybridized carbons (Fsp3) is 0.133. The first kappa shape index (κ1) is 13.4. The predicted octanol–water partition coefficient (Wildman–Crippen LogP) is 3.55. The van der Waals surface area contributed by atoms with E-state index in [1.54, 1.807) is 24.3 Å². The Balaban J connectivity index is 2.11. The molecule has 0 saturated heterocycles. The Morgan fingerprint density at radius 2 is 1.68 bits per heavy atom. The second kappa shape index (κ2) is 6.25. The van der Waals surface area contributed by atoms with Crippen LogP contribution >= 0.6 is 11.6 Å². The van der Waals surface area contributed by atoms with Gasteiger partial charge in [0, 0.05) is 16.1 Å². The second-order valence-electron chi connectivity index (χ2n) is 4.06. The molecule has 2 aromatic rings. The highest BCUT2D eigenvalue weighted by atomic mass is 35.5. The Morgan fingerprint density at radius 1 is 1.05 bits per heavy atom. The van der Waals surface area contributed by atoms with E-state index in [-0.39, 0.29) is 6.42 Å². The highest BCUT2D eigenvalue weighted by Gasteiger charge is 2.08. The van der Waals surface area contributed by atoms with Gasteiger partial charge in [-0.1, -0.05) is 48.0 Å². The highest BCUT2D eigenvalue weighted by Crippen LogP contribution is 2.22. The summed E-state index contributed by atoms with van der Waals surface area (Å²) < 4.78 is 5.66. The smallest absolute Gasteiger partial charge is 0.307 e. The fourth-order valence-corrected chi connectivity index (χ4v) is 1.91. The molecule has 0 fully saturated rings. The van der Waals surface area contributed by atoms with Crippen LogP contribution in [0.15, 0.2) is 48.5 Å². The van der Waals surface area contributed by atoms with Crippen molar-refractivity contribution in [2.24, 2.45) is 0 Å². The molecular formula is C15H13ClO3. The molecule has 0 saturated carbocycles. The number of carboxylic acids is 1. The van der Waals surface area contributed by atoms with Gasteiger partial charge in [0.25, 0.3) is 0 Å². The number of carbonyl (C=O) groups is 1. The molecule has 0 bridgehead atoms. The molecule has 0 spiro atoms. The zero-order valence-electron chi connectivity index (χ0n) is 10.2. The lowest BCUT2D eigenvalue weighted by atomic mass is 10.1. The monoisotopic (exact) mass is 276 g/mol. The van der Waals surface area contributed by atoms with Crippen molar-refractivity contribution in [1.29, 1.82) is 0 Å². The molecule has 1 N–H and O–H groups in total. The molecule has 19 heavy (non-hydrogen) atoms. The van der Waals surface area contributed by atoms with Crippen LogP contribution in [0, 0.1) is 0 Å². The van der Waals surface area contributed by atoms with Crippen LogP contribution in [0.2, 0.25) is 5.02 Å². The number of rotatable bonds is 5. The summed E-state index contributed by atoms with van der Waals surface area (Å²) in [6.45, 7) is 0.316. The van der Waals surface area contributed by atoms with Crippen LogP contribution in [0.25, 0.3) is 0 Å². The van der Waals surface area contributed by atoms with Crippen LogP contribution in [0.3, 0.4) is 0 Å². The number of benzene rings is 2. The average molecular weight is 277 g/mol. The predicted molar refractivity (Wildman–Crippen MR) is 73.6 cm³/mol. The van der Waals surface area contributed by atoms with E-state index in [1.165, 1.54) is 0 Å². The number of halogens is 1. The minimum absolute atomic E-state index is 0.0569. The first-order valence-electron chi connectivity index (χ1n) is 5.82. The molecule has 0 atom stereocenters. The molecule has 0 aliphatic carbocycles. The number of para-hydroxylation sites is 1. The van der Waals surface area contributed by atoms with Crippen molar-refractivity contribution in [2.45, 2.75) is 13.0 Å². The second-order valence-corrected chi connectivity index (χ2v) is 4.47. The summed E-state index contributed by atoms with van der Waals surface area (Å²) >= 11 is 6.04. The number of aliphatic carboxylic acids is 1. The molecular weight excluding hydrogens is 264 g/mol. The summed E-state index contributed by atoms with van der Waals surface area (Å²) in [7, 11) is 0. The molecule has 0 aliphatic rings. The topological polar surface area (TPSA) is 46.5 Å². The zero-order chi connectivity index (χ0) is 13.7. The van der Waals surface area contributed by atoms with Crippen LogP contribution in [0.4, 0.5) is 0 Å². The van der Waals surface area contributed by atoms with Crippen molar-refractivity contribution in [3.8, 4) is 5.75 Å². The van der Waals surface area contributed by atoms with E-state index in [9.17, 15) is 4.79 Å².